The van der Waals surface area contributed by atoms with Crippen molar-refractivity contribution >= 4 is 39.8 Å². The number of halogens is 1. The van der Waals surface area contributed by atoms with Gasteiger partial charge >= 0.3 is 0 Å². The van der Waals surface area contributed by atoms with Crippen LogP contribution >= 0.6 is 24.0 Å². The SMILES string of the molecule is CCCNC(=NCC1CCS(=O)(=O)C1)NC1CCC(C)(C)CC1.I. The molecule has 2 N–H and O–H groups in total. The standard InChI is InChI=1S/C17H33N3O2S.HI/c1-4-10-18-16(19-12-14-7-11-23(21,22)13-14)20-15-5-8-17(2,3)9-6-15;/h14-15H,4-13H2,1-3H3,(H2,18,19,20);1H. The molecule has 0 aromatic rings. The third-order valence-corrected chi connectivity index (χ3v) is 6.89. The van der Waals surface area contributed by atoms with Crippen LogP contribution in [0.15, 0.2) is 4.99 Å². The van der Waals surface area contributed by atoms with Gasteiger partial charge in [0, 0.05) is 19.1 Å². The van der Waals surface area contributed by atoms with E-state index in [1.54, 1.807) is 0 Å². The molecule has 0 spiro atoms. The van der Waals surface area contributed by atoms with Crippen molar-refractivity contribution < 1.29 is 8.42 Å². The number of nitrogens with one attached hydrogen (secondary N) is 2. The number of nitrogens with zero attached hydrogens (tertiary/aromatic N) is 1. The molecule has 2 rings (SSSR count). The molecule has 7 heteroatoms. The van der Waals surface area contributed by atoms with E-state index in [-0.39, 0.29) is 29.9 Å². The summed E-state index contributed by atoms with van der Waals surface area (Å²) >= 11 is 0. The van der Waals surface area contributed by atoms with Gasteiger partial charge in [0.05, 0.1) is 11.5 Å². The molecular formula is C17H34IN3O2S. The highest BCUT2D eigenvalue weighted by atomic mass is 127. The first kappa shape index (κ1) is 22.0. The van der Waals surface area contributed by atoms with Crippen LogP contribution in [0.5, 0.6) is 0 Å². The molecule has 0 amide bonds. The smallest absolute Gasteiger partial charge is 0.191 e. The lowest BCUT2D eigenvalue weighted by Crippen LogP contribution is -2.46. The summed E-state index contributed by atoms with van der Waals surface area (Å²) in [7, 11) is -2.81. The van der Waals surface area contributed by atoms with E-state index in [0.29, 0.717) is 29.5 Å². The maximum Gasteiger partial charge on any atom is 0.191 e. The zero-order valence-corrected chi connectivity index (χ0v) is 18.5. The topological polar surface area (TPSA) is 70.6 Å². The molecule has 5 nitrogen and oxygen atoms in total. The summed E-state index contributed by atoms with van der Waals surface area (Å²) in [6, 6.07) is 0.485. The fourth-order valence-electron chi connectivity index (χ4n) is 3.37. The van der Waals surface area contributed by atoms with Crippen molar-refractivity contribution in [3.8, 4) is 0 Å². The minimum atomic E-state index is -2.81. The van der Waals surface area contributed by atoms with Crippen molar-refractivity contribution in [2.75, 3.05) is 24.6 Å². The number of sulfone groups is 1. The van der Waals surface area contributed by atoms with Crippen LogP contribution in [0, 0.1) is 11.3 Å². The summed E-state index contributed by atoms with van der Waals surface area (Å²) in [4.78, 5) is 4.67. The average molecular weight is 471 g/mol. The quantitative estimate of drug-likeness (QED) is 0.368. The van der Waals surface area contributed by atoms with Crippen molar-refractivity contribution in [3.05, 3.63) is 0 Å². The Morgan fingerprint density at radius 2 is 1.88 bits per heavy atom. The van der Waals surface area contributed by atoms with Gasteiger partial charge < -0.3 is 10.6 Å². The molecule has 1 saturated heterocycles. The van der Waals surface area contributed by atoms with E-state index in [4.69, 9.17) is 0 Å². The monoisotopic (exact) mass is 471 g/mol. The predicted octanol–water partition coefficient (Wildman–Crippen LogP) is 2.95. The summed E-state index contributed by atoms with van der Waals surface area (Å²) in [5.74, 6) is 1.68. The number of guanidine groups is 1. The number of aliphatic imine (C=N–C) groups is 1. The molecule has 0 aromatic carbocycles. The first-order chi connectivity index (χ1) is 10.8. The third-order valence-electron chi connectivity index (χ3n) is 5.06. The minimum absolute atomic E-state index is 0. The molecule has 1 unspecified atom stereocenters. The van der Waals surface area contributed by atoms with Crippen LogP contribution < -0.4 is 10.6 Å². The molecule has 1 aliphatic heterocycles. The van der Waals surface area contributed by atoms with Gasteiger partial charge in [-0.15, -0.1) is 24.0 Å². The molecule has 1 aliphatic carbocycles. The van der Waals surface area contributed by atoms with Gasteiger partial charge in [0.1, 0.15) is 0 Å². The molecule has 0 bridgehead atoms. The Balaban J connectivity index is 0.00000288. The fraction of sp³-hybridized carbons (Fsp3) is 0.941. The number of hydrogen-bond acceptors (Lipinski definition) is 3. The number of rotatable bonds is 5. The molecule has 1 heterocycles. The van der Waals surface area contributed by atoms with E-state index in [2.05, 4.69) is 36.4 Å². The molecule has 0 aromatic heterocycles. The lowest BCUT2D eigenvalue weighted by Gasteiger charge is -2.35. The lowest BCUT2D eigenvalue weighted by molar-refractivity contribution is 0.216. The van der Waals surface area contributed by atoms with Crippen LogP contribution in [-0.4, -0.2) is 45.0 Å². The summed E-state index contributed by atoms with van der Waals surface area (Å²) in [6.45, 7) is 8.32. The first-order valence-corrected chi connectivity index (χ1v) is 10.9. The Bertz CT molecular complexity index is 510. The Morgan fingerprint density at radius 1 is 1.21 bits per heavy atom. The average Bonchev–Trinajstić information content (AvgIpc) is 2.83. The maximum absolute atomic E-state index is 11.6. The summed E-state index contributed by atoms with van der Waals surface area (Å²) in [5, 5.41) is 6.93. The van der Waals surface area contributed by atoms with Crippen molar-refractivity contribution in [2.45, 2.75) is 65.3 Å². The Hall–Kier alpha value is -0.0500. The molecule has 1 saturated carbocycles. The molecule has 24 heavy (non-hydrogen) atoms. The summed E-state index contributed by atoms with van der Waals surface area (Å²) in [5.41, 5.74) is 0.463. The van der Waals surface area contributed by atoms with E-state index < -0.39 is 9.84 Å². The maximum atomic E-state index is 11.6. The Kier molecular flexibility index (Phi) is 8.79. The van der Waals surface area contributed by atoms with Gasteiger partial charge in [0.2, 0.25) is 0 Å². The molecule has 142 valence electrons. The van der Waals surface area contributed by atoms with E-state index in [1.807, 2.05) is 0 Å². The second kappa shape index (κ2) is 9.59. The molecule has 2 fully saturated rings. The van der Waals surface area contributed by atoms with E-state index >= 15 is 0 Å². The van der Waals surface area contributed by atoms with Crippen molar-refractivity contribution in [1.29, 1.82) is 0 Å². The van der Waals surface area contributed by atoms with Crippen LogP contribution in [0.1, 0.15) is 59.3 Å². The molecule has 0 radical (unpaired) electrons. The van der Waals surface area contributed by atoms with Crippen LogP contribution in [0.4, 0.5) is 0 Å². The molecule has 2 aliphatic rings. The number of hydrogen-bond donors (Lipinski definition) is 2. The third kappa shape index (κ3) is 7.45. The first-order valence-electron chi connectivity index (χ1n) is 9.05. The predicted molar refractivity (Wildman–Crippen MR) is 112 cm³/mol. The van der Waals surface area contributed by atoms with E-state index in [1.165, 1.54) is 25.7 Å². The Labute approximate surface area is 164 Å². The zero-order valence-electron chi connectivity index (χ0n) is 15.3. The fourth-order valence-corrected chi connectivity index (χ4v) is 5.22. The van der Waals surface area contributed by atoms with Crippen molar-refractivity contribution in [1.82, 2.24) is 10.6 Å². The normalized spacial score (nSPS) is 26.6. The van der Waals surface area contributed by atoms with Gasteiger partial charge in [0.15, 0.2) is 15.8 Å². The van der Waals surface area contributed by atoms with E-state index in [9.17, 15) is 8.42 Å². The highest BCUT2D eigenvalue weighted by Gasteiger charge is 2.29. The van der Waals surface area contributed by atoms with Crippen molar-refractivity contribution in [2.24, 2.45) is 16.3 Å². The largest absolute Gasteiger partial charge is 0.356 e. The van der Waals surface area contributed by atoms with Gasteiger partial charge in [-0.2, -0.15) is 0 Å². The van der Waals surface area contributed by atoms with Gasteiger partial charge in [-0.1, -0.05) is 20.8 Å². The van der Waals surface area contributed by atoms with Crippen LogP contribution in [0.25, 0.3) is 0 Å². The van der Waals surface area contributed by atoms with Crippen molar-refractivity contribution in [3.63, 3.8) is 0 Å². The lowest BCUT2D eigenvalue weighted by atomic mass is 9.75. The van der Waals surface area contributed by atoms with E-state index in [0.717, 1.165) is 25.3 Å². The molecular weight excluding hydrogens is 437 g/mol. The van der Waals surface area contributed by atoms with Gasteiger partial charge in [0.25, 0.3) is 0 Å². The zero-order chi connectivity index (χ0) is 16.9. The molecule has 1 atom stereocenters. The van der Waals surface area contributed by atoms with Crippen LogP contribution in [0.2, 0.25) is 0 Å². The van der Waals surface area contributed by atoms with Crippen LogP contribution in [0.3, 0.4) is 0 Å². The Morgan fingerprint density at radius 3 is 2.42 bits per heavy atom. The second-order valence-corrected chi connectivity index (χ2v) is 10.2. The highest BCUT2D eigenvalue weighted by Crippen LogP contribution is 2.34. The minimum Gasteiger partial charge on any atom is -0.356 e. The second-order valence-electron chi connectivity index (χ2n) is 7.97. The van der Waals surface area contributed by atoms with Crippen LogP contribution in [-0.2, 0) is 9.84 Å². The summed E-state index contributed by atoms with van der Waals surface area (Å²) in [6.07, 6.45) is 6.65. The summed E-state index contributed by atoms with van der Waals surface area (Å²) < 4.78 is 23.1. The van der Waals surface area contributed by atoms with Gasteiger partial charge in [-0.25, -0.2) is 8.42 Å². The van der Waals surface area contributed by atoms with Gasteiger partial charge in [-0.05, 0) is 49.9 Å². The highest BCUT2D eigenvalue weighted by molar-refractivity contribution is 14.0. The van der Waals surface area contributed by atoms with Gasteiger partial charge in [-0.3, -0.25) is 4.99 Å².